The molecule has 1 N–H and O–H groups in total. The zero-order chi connectivity index (χ0) is 14.3. The Morgan fingerprint density at radius 3 is 2.42 bits per heavy atom. The number of nitrogens with one attached hydrogen (secondary N) is 1. The van der Waals surface area contributed by atoms with E-state index in [1.165, 1.54) is 32.1 Å². The van der Waals surface area contributed by atoms with Crippen LogP contribution in [0.25, 0.3) is 0 Å². The summed E-state index contributed by atoms with van der Waals surface area (Å²) in [6, 6.07) is 0.622. The Morgan fingerprint density at radius 1 is 1.05 bits per heavy atom. The molecule has 0 amide bonds. The van der Waals surface area contributed by atoms with Crippen molar-refractivity contribution in [2.75, 3.05) is 13.2 Å². The Bertz CT molecular complexity index is 229. The summed E-state index contributed by atoms with van der Waals surface area (Å²) in [6.45, 7) is 13.5. The van der Waals surface area contributed by atoms with Crippen LogP contribution in [0.4, 0.5) is 0 Å². The van der Waals surface area contributed by atoms with Gasteiger partial charge in [0.25, 0.3) is 0 Å². The van der Waals surface area contributed by atoms with Gasteiger partial charge in [0.2, 0.25) is 0 Å². The van der Waals surface area contributed by atoms with Crippen molar-refractivity contribution in [2.24, 2.45) is 17.8 Å². The SMILES string of the molecule is CC(C)CCC(C)NCCOC1CCC(C)C(C)C1. The van der Waals surface area contributed by atoms with Gasteiger partial charge in [-0.05, 0) is 56.8 Å². The van der Waals surface area contributed by atoms with Crippen LogP contribution in [0.3, 0.4) is 0 Å². The molecule has 0 heterocycles. The Labute approximate surface area is 120 Å². The minimum Gasteiger partial charge on any atom is -0.377 e. The molecular weight excluding hydrogens is 234 g/mol. The van der Waals surface area contributed by atoms with Gasteiger partial charge in [-0.25, -0.2) is 0 Å². The summed E-state index contributed by atoms with van der Waals surface area (Å²) < 4.78 is 6.02. The molecule has 0 aliphatic heterocycles. The van der Waals surface area contributed by atoms with Gasteiger partial charge in [-0.15, -0.1) is 0 Å². The zero-order valence-corrected chi connectivity index (χ0v) is 13.7. The molecule has 2 nitrogen and oxygen atoms in total. The van der Waals surface area contributed by atoms with Crippen LogP contribution in [-0.4, -0.2) is 25.3 Å². The summed E-state index contributed by atoms with van der Waals surface area (Å²) in [7, 11) is 0. The zero-order valence-electron chi connectivity index (χ0n) is 13.7. The lowest BCUT2D eigenvalue weighted by molar-refractivity contribution is 0.00366. The van der Waals surface area contributed by atoms with Crippen molar-refractivity contribution in [1.29, 1.82) is 0 Å². The monoisotopic (exact) mass is 269 g/mol. The molecule has 0 bridgehead atoms. The lowest BCUT2D eigenvalue weighted by atomic mass is 9.80. The van der Waals surface area contributed by atoms with Crippen LogP contribution >= 0.6 is 0 Å². The number of hydrogen-bond donors (Lipinski definition) is 1. The molecule has 1 aliphatic carbocycles. The third-order valence-electron chi connectivity index (χ3n) is 4.68. The molecule has 1 saturated carbocycles. The maximum atomic E-state index is 6.02. The van der Waals surface area contributed by atoms with Crippen molar-refractivity contribution in [1.82, 2.24) is 5.32 Å². The van der Waals surface area contributed by atoms with Gasteiger partial charge >= 0.3 is 0 Å². The molecule has 1 rings (SSSR count). The number of hydrogen-bond acceptors (Lipinski definition) is 2. The first-order chi connectivity index (χ1) is 8.99. The Hall–Kier alpha value is -0.0800. The maximum absolute atomic E-state index is 6.02. The third kappa shape index (κ3) is 7.31. The second-order valence-electron chi connectivity index (χ2n) is 7.09. The minimum atomic E-state index is 0.513. The van der Waals surface area contributed by atoms with Crippen LogP contribution in [0.2, 0.25) is 0 Å². The van der Waals surface area contributed by atoms with Crippen molar-refractivity contribution in [3.05, 3.63) is 0 Å². The molecule has 19 heavy (non-hydrogen) atoms. The predicted octanol–water partition coefficient (Wildman–Crippen LogP) is 4.24. The van der Waals surface area contributed by atoms with Crippen LogP contribution in [0.15, 0.2) is 0 Å². The molecule has 4 atom stereocenters. The van der Waals surface area contributed by atoms with Crippen LogP contribution in [0.1, 0.15) is 66.7 Å². The minimum absolute atomic E-state index is 0.513. The fraction of sp³-hybridized carbons (Fsp3) is 1.00. The lowest BCUT2D eigenvalue weighted by Gasteiger charge is -2.32. The van der Waals surface area contributed by atoms with Gasteiger partial charge in [-0.3, -0.25) is 0 Å². The third-order valence-corrected chi connectivity index (χ3v) is 4.68. The first-order valence-corrected chi connectivity index (χ1v) is 8.34. The van der Waals surface area contributed by atoms with E-state index < -0.39 is 0 Å². The molecular formula is C17H35NO. The van der Waals surface area contributed by atoms with Gasteiger partial charge in [0.05, 0.1) is 12.7 Å². The molecule has 4 unspecified atom stereocenters. The largest absolute Gasteiger partial charge is 0.377 e. The average Bonchev–Trinajstić information content (AvgIpc) is 2.36. The van der Waals surface area contributed by atoms with Crippen molar-refractivity contribution < 1.29 is 4.74 Å². The van der Waals surface area contributed by atoms with Gasteiger partial charge in [-0.1, -0.05) is 27.7 Å². The average molecular weight is 269 g/mol. The van der Waals surface area contributed by atoms with E-state index in [1.54, 1.807) is 0 Å². The summed E-state index contributed by atoms with van der Waals surface area (Å²) in [5.74, 6) is 2.52. The molecule has 0 saturated heterocycles. The van der Waals surface area contributed by atoms with E-state index in [2.05, 4.69) is 39.9 Å². The normalized spacial score (nSPS) is 29.7. The van der Waals surface area contributed by atoms with Crippen molar-refractivity contribution in [3.63, 3.8) is 0 Å². The molecule has 2 heteroatoms. The highest BCUT2D eigenvalue weighted by Crippen LogP contribution is 2.30. The Kier molecular flexibility index (Phi) is 8.01. The van der Waals surface area contributed by atoms with Gasteiger partial charge in [0, 0.05) is 12.6 Å². The van der Waals surface area contributed by atoms with Crippen LogP contribution in [0, 0.1) is 17.8 Å². The molecule has 0 aromatic rings. The topological polar surface area (TPSA) is 21.3 Å². The van der Waals surface area contributed by atoms with E-state index in [1.807, 2.05) is 0 Å². The standard InChI is InChI=1S/C17H35NO/c1-13(2)6-8-16(5)18-10-11-19-17-9-7-14(3)15(4)12-17/h13-18H,6-12H2,1-5H3. The first-order valence-electron chi connectivity index (χ1n) is 8.34. The van der Waals surface area contributed by atoms with E-state index in [-0.39, 0.29) is 0 Å². The van der Waals surface area contributed by atoms with Gasteiger partial charge in [0.1, 0.15) is 0 Å². The molecule has 0 spiro atoms. The highest BCUT2D eigenvalue weighted by molar-refractivity contribution is 4.75. The fourth-order valence-electron chi connectivity index (χ4n) is 2.87. The lowest BCUT2D eigenvalue weighted by Crippen LogP contribution is -2.32. The van der Waals surface area contributed by atoms with Gasteiger partial charge in [-0.2, -0.15) is 0 Å². The number of ether oxygens (including phenoxy) is 1. The van der Waals surface area contributed by atoms with E-state index >= 15 is 0 Å². The molecule has 1 fully saturated rings. The summed E-state index contributed by atoms with van der Waals surface area (Å²) in [5, 5.41) is 3.57. The fourth-order valence-corrected chi connectivity index (χ4v) is 2.87. The summed E-state index contributed by atoms with van der Waals surface area (Å²) >= 11 is 0. The van der Waals surface area contributed by atoms with Crippen molar-refractivity contribution >= 4 is 0 Å². The molecule has 0 aromatic carbocycles. The maximum Gasteiger partial charge on any atom is 0.0594 e. The van der Waals surface area contributed by atoms with Crippen LogP contribution in [0.5, 0.6) is 0 Å². The molecule has 0 aromatic heterocycles. The Balaban J connectivity index is 2.01. The van der Waals surface area contributed by atoms with Gasteiger partial charge in [0.15, 0.2) is 0 Å². The second kappa shape index (κ2) is 8.97. The quantitative estimate of drug-likeness (QED) is 0.665. The molecule has 1 aliphatic rings. The van der Waals surface area contributed by atoms with Crippen molar-refractivity contribution in [2.45, 2.75) is 78.9 Å². The first kappa shape index (κ1) is 17.0. The van der Waals surface area contributed by atoms with E-state index in [0.717, 1.165) is 30.9 Å². The summed E-state index contributed by atoms with van der Waals surface area (Å²) in [6.07, 6.45) is 6.95. The van der Waals surface area contributed by atoms with Crippen LogP contribution < -0.4 is 5.32 Å². The van der Waals surface area contributed by atoms with E-state index in [9.17, 15) is 0 Å². The smallest absolute Gasteiger partial charge is 0.0594 e. The highest BCUT2D eigenvalue weighted by atomic mass is 16.5. The van der Waals surface area contributed by atoms with E-state index in [0.29, 0.717) is 12.1 Å². The second-order valence-corrected chi connectivity index (χ2v) is 7.09. The van der Waals surface area contributed by atoms with Crippen LogP contribution in [-0.2, 0) is 4.74 Å². The molecule has 0 radical (unpaired) electrons. The van der Waals surface area contributed by atoms with E-state index in [4.69, 9.17) is 4.74 Å². The number of rotatable bonds is 8. The van der Waals surface area contributed by atoms with Gasteiger partial charge < -0.3 is 10.1 Å². The Morgan fingerprint density at radius 2 is 1.79 bits per heavy atom. The summed E-state index contributed by atoms with van der Waals surface area (Å²) in [4.78, 5) is 0. The van der Waals surface area contributed by atoms with Crippen molar-refractivity contribution in [3.8, 4) is 0 Å². The highest BCUT2D eigenvalue weighted by Gasteiger charge is 2.24. The summed E-state index contributed by atoms with van der Waals surface area (Å²) in [5.41, 5.74) is 0. The molecule has 114 valence electrons. The predicted molar refractivity (Wildman–Crippen MR) is 83.5 cm³/mol.